The number of aliphatic imine (C=N–C) groups is 2. The molecule has 0 saturated heterocycles. The Bertz CT molecular complexity index is 1620. The number of unbranched alkanes of at least 4 members (excludes halogenated alkanes) is 46. The van der Waals surface area contributed by atoms with Crippen LogP contribution in [-0.4, -0.2) is 11.9 Å². The quantitative estimate of drug-likeness (QED) is 0.0273. The average Bonchev–Trinajstić information content (AvgIpc) is 3.44. The molecule has 77 heavy (non-hydrogen) atoms. The average molecular weight is 1100 g/mol. The zero-order valence-electron chi connectivity index (χ0n) is 51.7. The van der Waals surface area contributed by atoms with Crippen LogP contribution in [0.3, 0.4) is 0 Å². The molecule has 0 spiro atoms. The smallest absolute Gasteiger partial charge is 0.0665 e. The summed E-state index contributed by atoms with van der Waals surface area (Å²) in [4.78, 5) is 10.1. The van der Waals surface area contributed by atoms with Crippen molar-refractivity contribution in [2.24, 2.45) is 9.98 Å². The molecular formula is C74H128N2Ni. The van der Waals surface area contributed by atoms with Crippen LogP contribution in [0.15, 0.2) is 82.8 Å². The van der Waals surface area contributed by atoms with Crippen LogP contribution in [0.2, 0.25) is 0 Å². The number of allylic oxidation sites excluding steroid dienone is 4. The Kier molecular flexibility index (Phi) is 56.6. The fourth-order valence-electron chi connectivity index (χ4n) is 11.2. The second-order valence-corrected chi connectivity index (χ2v) is 23.6. The zero-order valence-corrected chi connectivity index (χ0v) is 52.7. The number of hydrogen-bond donors (Lipinski definition) is 0. The fourth-order valence-corrected chi connectivity index (χ4v) is 11.2. The van der Waals surface area contributed by atoms with Crippen LogP contribution in [0.25, 0.3) is 0 Å². The van der Waals surface area contributed by atoms with Gasteiger partial charge in [0.2, 0.25) is 0 Å². The summed E-state index contributed by atoms with van der Waals surface area (Å²) in [6, 6.07) is 17.4. The largest absolute Gasteiger partial charge is 0.255 e. The Labute approximate surface area is 492 Å². The van der Waals surface area contributed by atoms with Crippen LogP contribution >= 0.6 is 0 Å². The molecule has 444 valence electrons. The Morgan fingerprint density at radius 2 is 0.545 bits per heavy atom. The first kappa shape index (κ1) is 72.8. The van der Waals surface area contributed by atoms with Crippen molar-refractivity contribution in [3.05, 3.63) is 84.0 Å². The third-order valence-electron chi connectivity index (χ3n) is 16.4. The molecule has 2 rings (SSSR count). The van der Waals surface area contributed by atoms with E-state index in [1.165, 1.54) is 319 Å². The Morgan fingerprint density at radius 1 is 0.299 bits per heavy atom. The van der Waals surface area contributed by atoms with Gasteiger partial charge in [-0.05, 0) is 93.9 Å². The minimum atomic E-state index is 0. The van der Waals surface area contributed by atoms with Crippen molar-refractivity contribution in [1.29, 1.82) is 0 Å². The first-order chi connectivity index (χ1) is 37.8. The molecular weight excluding hydrogens is 976 g/mol. The molecule has 0 aliphatic heterocycles. The van der Waals surface area contributed by atoms with Crippen molar-refractivity contribution >= 4 is 23.3 Å². The van der Waals surface area contributed by atoms with Crippen LogP contribution in [0.5, 0.6) is 0 Å². The first-order valence-corrected chi connectivity index (χ1v) is 34.4. The molecule has 0 bridgehead atoms. The molecule has 0 aromatic heterocycles. The van der Waals surface area contributed by atoms with Crippen LogP contribution in [0, 0.1) is 0 Å². The molecule has 0 atom stereocenters. The molecule has 0 amide bonds. The summed E-state index contributed by atoms with van der Waals surface area (Å²) >= 11 is 0. The Morgan fingerprint density at radius 3 is 0.844 bits per heavy atom. The van der Waals surface area contributed by atoms with E-state index in [1.54, 1.807) is 0 Å². The van der Waals surface area contributed by atoms with Gasteiger partial charge in [-0.2, -0.15) is 0 Å². The summed E-state index contributed by atoms with van der Waals surface area (Å²) < 4.78 is 0. The van der Waals surface area contributed by atoms with Crippen LogP contribution in [0.1, 0.15) is 359 Å². The standard InChI is InChI=1S/C74H128N2.Ni/c1-4-7-9-11-13-15-17-19-21-23-25-27-29-31-33-35-37-39-41-43-45-47-49-51-53-55-57-63-70-65-59-61-67-73(70)75-69-72(6-3)76-74-68-62-60-66-71(74)64-58-56-54-52-50-48-46-44-42-40-38-36-34-32-30-28-26-24-22-20-18-16-14-12-10-8-5-2;/h51-54,59-62,65-69H,4-50,55-58,63-64H2,1-3H3;/b53-51+,54-52+,75-69-,76-72+;. The van der Waals surface area contributed by atoms with Gasteiger partial charge in [0.05, 0.1) is 17.1 Å². The number of para-hydroxylation sites is 2. The van der Waals surface area contributed by atoms with E-state index in [0.29, 0.717) is 0 Å². The van der Waals surface area contributed by atoms with Gasteiger partial charge in [0.15, 0.2) is 0 Å². The van der Waals surface area contributed by atoms with Gasteiger partial charge in [0.1, 0.15) is 0 Å². The molecule has 0 aliphatic rings. The second-order valence-electron chi connectivity index (χ2n) is 23.6. The molecule has 0 heterocycles. The van der Waals surface area contributed by atoms with E-state index >= 15 is 0 Å². The van der Waals surface area contributed by atoms with E-state index < -0.39 is 0 Å². The van der Waals surface area contributed by atoms with Gasteiger partial charge >= 0.3 is 0 Å². The summed E-state index contributed by atoms with van der Waals surface area (Å²) in [5.74, 6) is 0. The van der Waals surface area contributed by atoms with Crippen LogP contribution < -0.4 is 0 Å². The maximum Gasteiger partial charge on any atom is 0.0665 e. The van der Waals surface area contributed by atoms with Gasteiger partial charge in [-0.1, -0.05) is 351 Å². The van der Waals surface area contributed by atoms with E-state index in [4.69, 9.17) is 9.98 Å². The van der Waals surface area contributed by atoms with Crippen molar-refractivity contribution < 1.29 is 16.5 Å². The van der Waals surface area contributed by atoms with Crippen molar-refractivity contribution in [3.8, 4) is 0 Å². The molecule has 0 radical (unpaired) electrons. The molecule has 0 aliphatic carbocycles. The summed E-state index contributed by atoms with van der Waals surface area (Å²) in [6.45, 7) is 6.81. The van der Waals surface area contributed by atoms with Crippen molar-refractivity contribution in [1.82, 2.24) is 0 Å². The maximum absolute atomic E-state index is 5.15. The molecule has 0 N–H and O–H groups in total. The van der Waals surface area contributed by atoms with Crippen molar-refractivity contribution in [2.45, 2.75) is 361 Å². The van der Waals surface area contributed by atoms with E-state index in [2.05, 4.69) is 93.6 Å². The topological polar surface area (TPSA) is 24.7 Å². The Hall–Kier alpha value is -2.25. The molecule has 2 aromatic carbocycles. The first-order valence-electron chi connectivity index (χ1n) is 34.4. The third kappa shape index (κ3) is 48.2. The number of benzene rings is 2. The molecule has 0 saturated carbocycles. The number of aryl methyl sites for hydroxylation is 2. The van der Waals surface area contributed by atoms with Crippen molar-refractivity contribution in [3.63, 3.8) is 0 Å². The number of nitrogens with zero attached hydrogens (tertiary/aromatic N) is 2. The third-order valence-corrected chi connectivity index (χ3v) is 16.4. The Balaban J connectivity index is 0.0000296. The normalized spacial score (nSPS) is 12.1. The van der Waals surface area contributed by atoms with E-state index in [-0.39, 0.29) is 16.5 Å². The predicted molar refractivity (Wildman–Crippen MR) is 346 cm³/mol. The molecule has 0 fully saturated rings. The number of rotatable bonds is 58. The predicted octanol–water partition coefficient (Wildman–Crippen LogP) is 26.3. The van der Waals surface area contributed by atoms with Crippen LogP contribution in [0.4, 0.5) is 11.4 Å². The van der Waals surface area contributed by atoms with Gasteiger partial charge < -0.3 is 0 Å². The van der Waals surface area contributed by atoms with Gasteiger partial charge in [0, 0.05) is 22.7 Å². The minimum absolute atomic E-state index is 0. The molecule has 3 heteroatoms. The fraction of sp³-hybridized carbons (Fsp3) is 0.757. The van der Waals surface area contributed by atoms with Gasteiger partial charge in [-0.25, -0.2) is 0 Å². The SMILES string of the molecule is CCCCCCCCCCCCCCCCCCCCCCCC/C=C/CCCc1ccccc1/N=C\C(CC)=N\c1ccccc1CCC/C=C/CCCCCCCCCCCCCCCCCCCCCCCC.[Ni]. The monoisotopic (exact) mass is 1100 g/mol. The summed E-state index contributed by atoms with van der Waals surface area (Å²) in [5, 5.41) is 0. The van der Waals surface area contributed by atoms with Gasteiger partial charge in [0.25, 0.3) is 0 Å². The summed E-state index contributed by atoms with van der Waals surface area (Å²) in [5.41, 5.74) is 5.92. The molecule has 0 unspecified atom stereocenters. The zero-order chi connectivity index (χ0) is 54.0. The van der Waals surface area contributed by atoms with Gasteiger partial charge in [-0.15, -0.1) is 0 Å². The molecule has 2 aromatic rings. The maximum atomic E-state index is 5.15. The summed E-state index contributed by atoms with van der Waals surface area (Å²) in [7, 11) is 0. The van der Waals surface area contributed by atoms with Crippen LogP contribution in [-0.2, 0) is 29.3 Å². The van der Waals surface area contributed by atoms with Gasteiger partial charge in [-0.3, -0.25) is 9.98 Å². The van der Waals surface area contributed by atoms with E-state index in [0.717, 1.165) is 49.2 Å². The molecule has 2 nitrogen and oxygen atoms in total. The second kappa shape index (κ2) is 59.9. The van der Waals surface area contributed by atoms with E-state index in [9.17, 15) is 0 Å². The van der Waals surface area contributed by atoms with E-state index in [1.807, 2.05) is 6.21 Å². The number of hydrogen-bond acceptors (Lipinski definition) is 2. The van der Waals surface area contributed by atoms with Crippen molar-refractivity contribution in [2.75, 3.05) is 0 Å². The minimum Gasteiger partial charge on any atom is -0.255 e. The summed E-state index contributed by atoms with van der Waals surface area (Å²) in [6.07, 6.45) is 85.5.